The van der Waals surface area contributed by atoms with E-state index in [2.05, 4.69) is 32.6 Å². The molecule has 3 nitrogen and oxygen atoms in total. The summed E-state index contributed by atoms with van der Waals surface area (Å²) in [6.45, 7) is 10.7. The average Bonchev–Trinajstić information content (AvgIpc) is 2.84. The van der Waals surface area contributed by atoms with Crippen LogP contribution in [0.4, 0.5) is 4.39 Å². The fourth-order valence-corrected chi connectivity index (χ4v) is 2.92. The molecular formula is C14H25FN2O. The van der Waals surface area contributed by atoms with Crippen LogP contribution < -0.4 is 0 Å². The Hall–Kier alpha value is -0.640. The predicted molar refractivity (Wildman–Crippen MR) is 70.1 cm³/mol. The number of carbonyl (C=O) groups is 1. The molecular weight excluding hydrogens is 231 g/mol. The standard InChI is InChI=1S/C14H25FN2O/c1-11-5-7-16(9-11)12(18)14(15)6-8-17(10-14)13(2,3)4/h11H,5-10H2,1-4H3/t11?,14-/m1/s1. The zero-order valence-corrected chi connectivity index (χ0v) is 12.0. The van der Waals surface area contributed by atoms with Gasteiger partial charge in [-0.1, -0.05) is 6.92 Å². The highest BCUT2D eigenvalue weighted by molar-refractivity contribution is 5.86. The number of rotatable bonds is 1. The highest BCUT2D eigenvalue weighted by atomic mass is 19.1. The van der Waals surface area contributed by atoms with E-state index in [9.17, 15) is 9.18 Å². The van der Waals surface area contributed by atoms with E-state index in [1.165, 1.54) is 0 Å². The minimum atomic E-state index is -1.66. The second-order valence-electron chi connectivity index (χ2n) is 6.95. The Morgan fingerprint density at radius 1 is 1.33 bits per heavy atom. The molecule has 0 N–H and O–H groups in total. The van der Waals surface area contributed by atoms with Gasteiger partial charge in [-0.15, -0.1) is 0 Å². The van der Waals surface area contributed by atoms with Gasteiger partial charge in [0.2, 0.25) is 5.67 Å². The monoisotopic (exact) mass is 256 g/mol. The molecule has 0 aromatic carbocycles. The van der Waals surface area contributed by atoms with E-state index in [1.807, 2.05) is 0 Å². The zero-order chi connectivity index (χ0) is 13.6. The first-order valence-corrected chi connectivity index (χ1v) is 6.96. The van der Waals surface area contributed by atoms with Crippen molar-refractivity contribution in [3.63, 3.8) is 0 Å². The van der Waals surface area contributed by atoms with Gasteiger partial charge in [-0.2, -0.15) is 0 Å². The molecule has 0 bridgehead atoms. The Morgan fingerprint density at radius 3 is 2.44 bits per heavy atom. The predicted octanol–water partition coefficient (Wildman–Crippen LogP) is 2.07. The third-order valence-electron chi connectivity index (χ3n) is 4.26. The summed E-state index contributed by atoms with van der Waals surface area (Å²) in [6.07, 6.45) is 1.35. The Labute approximate surface area is 109 Å². The van der Waals surface area contributed by atoms with E-state index in [4.69, 9.17) is 0 Å². The van der Waals surface area contributed by atoms with Gasteiger partial charge in [0.1, 0.15) is 0 Å². The second-order valence-corrected chi connectivity index (χ2v) is 6.95. The second kappa shape index (κ2) is 4.48. The van der Waals surface area contributed by atoms with E-state index in [0.717, 1.165) is 19.5 Å². The summed E-state index contributed by atoms with van der Waals surface area (Å²) in [7, 11) is 0. The van der Waals surface area contributed by atoms with E-state index < -0.39 is 5.67 Å². The first-order valence-electron chi connectivity index (χ1n) is 6.96. The number of carbonyl (C=O) groups excluding carboxylic acids is 1. The fraction of sp³-hybridized carbons (Fsp3) is 0.929. The first-order chi connectivity index (χ1) is 8.22. The number of nitrogens with zero attached hydrogens (tertiary/aromatic N) is 2. The Balaban J connectivity index is 2.02. The number of likely N-dealkylation sites (tertiary alicyclic amines) is 2. The Kier molecular flexibility index (Phi) is 3.43. The molecule has 0 radical (unpaired) electrons. The number of amides is 1. The lowest BCUT2D eigenvalue weighted by molar-refractivity contribution is -0.142. The molecule has 4 heteroatoms. The van der Waals surface area contributed by atoms with Crippen molar-refractivity contribution >= 4 is 5.91 Å². The summed E-state index contributed by atoms with van der Waals surface area (Å²) in [5.74, 6) is 0.233. The molecule has 0 saturated carbocycles. The molecule has 0 spiro atoms. The van der Waals surface area contributed by atoms with Crippen LogP contribution in [0.3, 0.4) is 0 Å². The van der Waals surface area contributed by atoms with Crippen LogP contribution in [0.1, 0.15) is 40.5 Å². The van der Waals surface area contributed by atoms with Crippen LogP contribution in [0.15, 0.2) is 0 Å². The van der Waals surface area contributed by atoms with Crippen molar-refractivity contribution in [3.05, 3.63) is 0 Å². The number of hydrogen-bond acceptors (Lipinski definition) is 2. The van der Waals surface area contributed by atoms with Gasteiger partial charge < -0.3 is 4.90 Å². The molecule has 0 aromatic rings. The highest BCUT2D eigenvalue weighted by Gasteiger charge is 2.49. The summed E-state index contributed by atoms with van der Waals surface area (Å²) >= 11 is 0. The minimum Gasteiger partial charge on any atom is -0.340 e. The molecule has 2 fully saturated rings. The molecule has 2 heterocycles. The zero-order valence-electron chi connectivity index (χ0n) is 12.0. The topological polar surface area (TPSA) is 23.6 Å². The largest absolute Gasteiger partial charge is 0.340 e. The number of halogens is 1. The number of hydrogen-bond donors (Lipinski definition) is 0. The molecule has 0 aliphatic carbocycles. The SMILES string of the molecule is CC1CCN(C(=O)[C@@]2(F)CCN(C(C)(C)C)C2)C1. The van der Waals surface area contributed by atoms with Crippen molar-refractivity contribution in [2.24, 2.45) is 5.92 Å². The quantitative estimate of drug-likeness (QED) is 0.717. The van der Waals surface area contributed by atoms with Crippen molar-refractivity contribution in [2.45, 2.75) is 51.7 Å². The van der Waals surface area contributed by atoms with Crippen molar-refractivity contribution in [1.29, 1.82) is 0 Å². The van der Waals surface area contributed by atoms with Crippen LogP contribution in [0.5, 0.6) is 0 Å². The fourth-order valence-electron chi connectivity index (χ4n) is 2.92. The summed E-state index contributed by atoms with van der Waals surface area (Å²) < 4.78 is 14.8. The highest BCUT2D eigenvalue weighted by Crippen LogP contribution is 2.33. The van der Waals surface area contributed by atoms with Gasteiger partial charge in [0.05, 0.1) is 0 Å². The van der Waals surface area contributed by atoms with Gasteiger partial charge in [-0.3, -0.25) is 9.69 Å². The van der Waals surface area contributed by atoms with Gasteiger partial charge in [-0.25, -0.2) is 4.39 Å². The summed E-state index contributed by atoms with van der Waals surface area (Å²) in [5, 5.41) is 0. The van der Waals surface area contributed by atoms with Crippen LogP contribution in [0, 0.1) is 5.92 Å². The maximum absolute atomic E-state index is 14.8. The van der Waals surface area contributed by atoms with E-state index in [1.54, 1.807) is 4.90 Å². The van der Waals surface area contributed by atoms with E-state index in [-0.39, 0.29) is 18.0 Å². The van der Waals surface area contributed by atoms with Crippen molar-refractivity contribution in [1.82, 2.24) is 9.80 Å². The van der Waals surface area contributed by atoms with Crippen LogP contribution in [-0.2, 0) is 4.79 Å². The molecule has 2 saturated heterocycles. The van der Waals surface area contributed by atoms with Crippen LogP contribution in [0.25, 0.3) is 0 Å². The maximum atomic E-state index is 14.8. The van der Waals surface area contributed by atoms with Crippen LogP contribution >= 0.6 is 0 Å². The average molecular weight is 256 g/mol. The van der Waals surface area contributed by atoms with Crippen molar-refractivity contribution in [3.8, 4) is 0 Å². The maximum Gasteiger partial charge on any atom is 0.261 e. The number of alkyl halides is 1. The van der Waals surface area contributed by atoms with Crippen LogP contribution in [0.2, 0.25) is 0 Å². The molecule has 18 heavy (non-hydrogen) atoms. The van der Waals surface area contributed by atoms with E-state index >= 15 is 0 Å². The smallest absolute Gasteiger partial charge is 0.261 e. The molecule has 1 amide bonds. The molecule has 2 aliphatic rings. The molecule has 2 rings (SSSR count). The first kappa shape index (κ1) is 13.8. The van der Waals surface area contributed by atoms with Crippen molar-refractivity contribution < 1.29 is 9.18 Å². The lowest BCUT2D eigenvalue weighted by atomic mass is 10.0. The minimum absolute atomic E-state index is 0.0631. The molecule has 2 aliphatic heterocycles. The third kappa shape index (κ3) is 2.53. The molecule has 0 aromatic heterocycles. The summed E-state index contributed by atoms with van der Waals surface area (Å²) in [5.41, 5.74) is -1.72. The Bertz CT molecular complexity index is 339. The van der Waals surface area contributed by atoms with Gasteiger partial charge in [0.25, 0.3) is 5.91 Å². The lowest BCUT2D eigenvalue weighted by Gasteiger charge is -2.33. The van der Waals surface area contributed by atoms with Gasteiger partial charge >= 0.3 is 0 Å². The van der Waals surface area contributed by atoms with Gasteiger partial charge in [-0.05, 0) is 33.1 Å². The van der Waals surface area contributed by atoms with E-state index in [0.29, 0.717) is 18.9 Å². The molecule has 2 atom stereocenters. The van der Waals surface area contributed by atoms with Gasteiger partial charge in [0.15, 0.2) is 0 Å². The molecule has 1 unspecified atom stereocenters. The van der Waals surface area contributed by atoms with Gasteiger partial charge in [0, 0.05) is 38.1 Å². The van der Waals surface area contributed by atoms with Crippen molar-refractivity contribution in [2.75, 3.05) is 26.2 Å². The molecule has 104 valence electrons. The summed E-state index contributed by atoms with van der Waals surface area (Å²) in [4.78, 5) is 16.1. The third-order valence-corrected chi connectivity index (χ3v) is 4.26. The summed E-state index contributed by atoms with van der Waals surface area (Å²) in [6, 6.07) is 0. The van der Waals surface area contributed by atoms with Crippen LogP contribution in [-0.4, -0.2) is 53.1 Å². The normalized spacial score (nSPS) is 34.3. The lowest BCUT2D eigenvalue weighted by Crippen LogP contribution is -2.49. The Morgan fingerprint density at radius 2 is 2.00 bits per heavy atom.